The zero-order valence-corrected chi connectivity index (χ0v) is 16.8. The molecule has 0 bridgehead atoms. The van der Waals surface area contributed by atoms with Gasteiger partial charge in [0.1, 0.15) is 17.3 Å². The van der Waals surface area contributed by atoms with Crippen molar-refractivity contribution in [3.8, 4) is 0 Å². The first kappa shape index (κ1) is 21.2. The van der Waals surface area contributed by atoms with Crippen LogP contribution < -0.4 is 5.32 Å². The van der Waals surface area contributed by atoms with Gasteiger partial charge in [-0.1, -0.05) is 35.3 Å². The van der Waals surface area contributed by atoms with Gasteiger partial charge in [-0.15, -0.1) is 0 Å². The van der Waals surface area contributed by atoms with Crippen molar-refractivity contribution in [2.24, 2.45) is 0 Å². The van der Waals surface area contributed by atoms with Gasteiger partial charge >= 0.3 is 11.5 Å². The molecule has 3 aromatic rings. The Hall–Kier alpha value is -3.51. The number of carbonyl (C=O) groups is 1. The molecule has 0 unspecified atom stereocenters. The highest BCUT2D eigenvalue weighted by Gasteiger charge is 2.35. The minimum Gasteiger partial charge on any atom is -0.358 e. The van der Waals surface area contributed by atoms with Crippen LogP contribution in [0.5, 0.6) is 0 Å². The molecule has 2 aromatic heterocycles. The summed E-state index contributed by atoms with van der Waals surface area (Å²) in [6.07, 6.45) is 1.51. The van der Waals surface area contributed by atoms with Gasteiger partial charge in [0.15, 0.2) is 5.82 Å². The lowest BCUT2D eigenvalue weighted by molar-refractivity contribution is -0.424. The highest BCUT2D eigenvalue weighted by Crippen LogP contribution is 2.29. The van der Waals surface area contributed by atoms with E-state index in [1.807, 2.05) is 12.1 Å². The van der Waals surface area contributed by atoms with Crippen LogP contribution in [0.25, 0.3) is 0 Å². The summed E-state index contributed by atoms with van der Waals surface area (Å²) in [5.74, 6) is -1.52. The third kappa shape index (κ3) is 4.55. The summed E-state index contributed by atoms with van der Waals surface area (Å²) in [7, 11) is 0. The summed E-state index contributed by atoms with van der Waals surface area (Å²) in [5, 5.41) is 33.0. The van der Waals surface area contributed by atoms with E-state index in [4.69, 9.17) is 23.2 Å². The van der Waals surface area contributed by atoms with Gasteiger partial charge in [-0.3, -0.25) is 19.6 Å². The molecule has 0 radical (unpaired) electrons. The minimum atomic E-state index is -0.977. The monoisotopic (exact) mass is 453 g/mol. The first-order valence-corrected chi connectivity index (χ1v) is 9.04. The van der Waals surface area contributed by atoms with Crippen LogP contribution in [0.4, 0.5) is 17.3 Å². The molecule has 1 amide bonds. The Morgan fingerprint density at radius 3 is 2.37 bits per heavy atom. The third-order valence-corrected chi connectivity index (χ3v) is 4.57. The van der Waals surface area contributed by atoms with E-state index in [9.17, 15) is 25.0 Å². The molecule has 30 heavy (non-hydrogen) atoms. The van der Waals surface area contributed by atoms with Crippen molar-refractivity contribution in [2.45, 2.75) is 20.0 Å². The molecular formula is C16H13Cl2N7O5. The van der Waals surface area contributed by atoms with Crippen LogP contribution in [0.2, 0.25) is 10.0 Å². The summed E-state index contributed by atoms with van der Waals surface area (Å²) in [5.41, 5.74) is 0.0162. The van der Waals surface area contributed by atoms with Crippen LogP contribution in [0.3, 0.4) is 0 Å². The lowest BCUT2D eigenvalue weighted by Crippen LogP contribution is -2.21. The van der Waals surface area contributed by atoms with Crippen LogP contribution in [-0.2, 0) is 17.9 Å². The van der Waals surface area contributed by atoms with Crippen molar-refractivity contribution in [3.63, 3.8) is 0 Å². The zero-order chi connectivity index (χ0) is 22.0. The number of nitro groups is 2. The molecule has 0 aliphatic rings. The van der Waals surface area contributed by atoms with E-state index in [0.717, 1.165) is 10.2 Å². The average molecular weight is 454 g/mol. The van der Waals surface area contributed by atoms with Crippen LogP contribution >= 0.6 is 23.2 Å². The van der Waals surface area contributed by atoms with E-state index in [1.165, 1.54) is 17.8 Å². The Labute approximate surface area is 178 Å². The van der Waals surface area contributed by atoms with Gasteiger partial charge in [-0.2, -0.15) is 9.78 Å². The SMILES string of the molecule is Cc1c([N+](=O)[O-])c([N+](=O)[O-])nn1CC(=O)Nc1nn(Cc2ccc(Cl)cc2)cc1Cl. The molecule has 0 fully saturated rings. The van der Waals surface area contributed by atoms with Crippen molar-refractivity contribution in [1.29, 1.82) is 0 Å². The number of rotatable bonds is 7. The van der Waals surface area contributed by atoms with E-state index in [1.54, 1.807) is 12.1 Å². The third-order valence-electron chi connectivity index (χ3n) is 4.04. The average Bonchev–Trinajstić information content (AvgIpc) is 3.17. The van der Waals surface area contributed by atoms with E-state index in [2.05, 4.69) is 15.5 Å². The van der Waals surface area contributed by atoms with Gasteiger partial charge in [0, 0.05) is 11.2 Å². The number of hydrogen-bond donors (Lipinski definition) is 1. The topological polar surface area (TPSA) is 151 Å². The summed E-state index contributed by atoms with van der Waals surface area (Å²) in [6, 6.07) is 7.10. The Kier molecular flexibility index (Phi) is 5.99. The summed E-state index contributed by atoms with van der Waals surface area (Å²) in [6.45, 7) is 1.14. The fourth-order valence-corrected chi connectivity index (χ4v) is 2.98. The minimum absolute atomic E-state index is 0.0736. The van der Waals surface area contributed by atoms with Crippen LogP contribution in [0, 0.1) is 27.2 Å². The first-order valence-electron chi connectivity index (χ1n) is 8.29. The van der Waals surface area contributed by atoms with Crippen molar-refractivity contribution >= 4 is 46.4 Å². The molecule has 156 valence electrons. The van der Waals surface area contributed by atoms with Crippen LogP contribution in [0.15, 0.2) is 30.5 Å². The molecule has 0 saturated heterocycles. The summed E-state index contributed by atoms with van der Waals surface area (Å²) < 4.78 is 2.39. The number of halogens is 2. The second-order valence-electron chi connectivity index (χ2n) is 6.13. The number of amides is 1. The Bertz CT molecular complexity index is 1140. The number of aromatic nitrogens is 4. The standard InChI is InChI=1S/C16H13Cl2N7O5/c1-9-14(24(27)28)16(25(29)30)21-23(9)8-13(26)19-15-12(18)7-22(20-15)6-10-2-4-11(17)5-3-10/h2-5,7H,6,8H2,1H3,(H,19,20,26). The second-order valence-corrected chi connectivity index (χ2v) is 6.97. The molecular weight excluding hydrogens is 441 g/mol. The van der Waals surface area contributed by atoms with Crippen molar-refractivity contribution in [2.75, 3.05) is 5.32 Å². The fraction of sp³-hybridized carbons (Fsp3) is 0.188. The Balaban J connectivity index is 1.73. The molecule has 3 rings (SSSR count). The first-order chi connectivity index (χ1) is 14.2. The van der Waals surface area contributed by atoms with E-state index in [0.29, 0.717) is 11.6 Å². The molecule has 0 atom stereocenters. The smallest absolute Gasteiger partial charge is 0.358 e. The summed E-state index contributed by atoms with van der Waals surface area (Å²) in [4.78, 5) is 32.5. The Morgan fingerprint density at radius 2 is 1.80 bits per heavy atom. The maximum absolute atomic E-state index is 12.3. The van der Waals surface area contributed by atoms with Gasteiger partial charge in [-0.25, -0.2) is 0 Å². The van der Waals surface area contributed by atoms with Crippen molar-refractivity contribution in [1.82, 2.24) is 19.6 Å². The quantitative estimate of drug-likeness (QED) is 0.425. The molecule has 14 heteroatoms. The van der Waals surface area contributed by atoms with Gasteiger partial charge < -0.3 is 15.4 Å². The molecule has 1 aromatic carbocycles. The van der Waals surface area contributed by atoms with Gasteiger partial charge in [0.2, 0.25) is 5.91 Å². The van der Waals surface area contributed by atoms with E-state index < -0.39 is 33.8 Å². The fourth-order valence-electron chi connectivity index (χ4n) is 2.66. The number of nitrogens with zero attached hydrogens (tertiary/aromatic N) is 6. The van der Waals surface area contributed by atoms with Crippen LogP contribution in [0.1, 0.15) is 11.3 Å². The second kappa shape index (κ2) is 8.47. The van der Waals surface area contributed by atoms with Gasteiger partial charge in [0.25, 0.3) is 0 Å². The number of anilines is 1. The lowest BCUT2D eigenvalue weighted by Gasteiger charge is -2.03. The normalized spacial score (nSPS) is 10.8. The number of hydrogen-bond acceptors (Lipinski definition) is 7. The predicted octanol–water partition coefficient (Wildman–Crippen LogP) is 3.20. The van der Waals surface area contributed by atoms with Crippen molar-refractivity contribution in [3.05, 3.63) is 72.0 Å². The molecule has 2 heterocycles. The maximum atomic E-state index is 12.3. The maximum Gasteiger partial charge on any atom is 0.468 e. The highest BCUT2D eigenvalue weighted by atomic mass is 35.5. The predicted molar refractivity (Wildman–Crippen MR) is 107 cm³/mol. The largest absolute Gasteiger partial charge is 0.468 e. The highest BCUT2D eigenvalue weighted by molar-refractivity contribution is 6.33. The van der Waals surface area contributed by atoms with Gasteiger partial charge in [-0.05, 0) is 29.5 Å². The molecule has 12 nitrogen and oxygen atoms in total. The molecule has 0 aliphatic carbocycles. The Morgan fingerprint density at radius 1 is 1.13 bits per heavy atom. The summed E-state index contributed by atoms with van der Waals surface area (Å²) >= 11 is 12.0. The van der Waals surface area contributed by atoms with E-state index >= 15 is 0 Å². The van der Waals surface area contributed by atoms with Crippen LogP contribution in [-0.4, -0.2) is 35.3 Å². The zero-order valence-electron chi connectivity index (χ0n) is 15.3. The molecule has 0 spiro atoms. The molecule has 0 aliphatic heterocycles. The number of benzene rings is 1. The molecule has 1 N–H and O–H groups in total. The number of carbonyl (C=O) groups excluding carboxylic acids is 1. The lowest BCUT2D eigenvalue weighted by atomic mass is 10.2. The van der Waals surface area contributed by atoms with E-state index in [-0.39, 0.29) is 16.5 Å². The number of nitrogens with one attached hydrogen (secondary N) is 1. The molecule has 0 saturated carbocycles. The van der Waals surface area contributed by atoms with Crippen molar-refractivity contribution < 1.29 is 14.6 Å². The van der Waals surface area contributed by atoms with Gasteiger partial charge in [0.05, 0.1) is 16.6 Å².